The van der Waals surface area contributed by atoms with Gasteiger partial charge in [0.25, 0.3) is 5.91 Å². The summed E-state index contributed by atoms with van der Waals surface area (Å²) in [6.07, 6.45) is 4.99. The summed E-state index contributed by atoms with van der Waals surface area (Å²) in [5, 5.41) is 5.20. The van der Waals surface area contributed by atoms with E-state index in [1.807, 2.05) is 25.1 Å². The molecule has 22 heavy (non-hydrogen) atoms. The summed E-state index contributed by atoms with van der Waals surface area (Å²) >= 11 is 1.34. The van der Waals surface area contributed by atoms with E-state index >= 15 is 0 Å². The third kappa shape index (κ3) is 3.15. The summed E-state index contributed by atoms with van der Waals surface area (Å²) in [7, 11) is 0. The summed E-state index contributed by atoms with van der Waals surface area (Å²) in [5.74, 6) is 0.279. The summed E-state index contributed by atoms with van der Waals surface area (Å²) < 4.78 is 0. The van der Waals surface area contributed by atoms with Crippen molar-refractivity contribution in [2.24, 2.45) is 0 Å². The predicted molar refractivity (Wildman–Crippen MR) is 83.3 cm³/mol. The lowest BCUT2D eigenvalue weighted by molar-refractivity contribution is 0.0935. The van der Waals surface area contributed by atoms with Gasteiger partial charge in [-0.2, -0.15) is 0 Å². The van der Waals surface area contributed by atoms with E-state index in [1.165, 1.54) is 11.3 Å². The number of nitrogens with one attached hydrogen (secondary N) is 1. The molecule has 3 heterocycles. The number of aromatic nitrogens is 4. The molecule has 0 spiro atoms. The average Bonchev–Trinajstić information content (AvgIpc) is 3.06. The Hall–Kier alpha value is -2.67. The van der Waals surface area contributed by atoms with Gasteiger partial charge in [0.15, 0.2) is 10.8 Å². The van der Waals surface area contributed by atoms with E-state index < -0.39 is 0 Å². The normalized spacial score (nSPS) is 11.9. The van der Waals surface area contributed by atoms with Gasteiger partial charge in [-0.15, -0.1) is 11.3 Å². The molecule has 1 atom stereocenters. The van der Waals surface area contributed by atoms with Crippen molar-refractivity contribution in [2.45, 2.75) is 13.0 Å². The highest BCUT2D eigenvalue weighted by Gasteiger charge is 2.16. The molecule has 0 radical (unpaired) electrons. The van der Waals surface area contributed by atoms with Crippen LogP contribution in [0.3, 0.4) is 0 Å². The molecule has 0 aliphatic carbocycles. The molecular formula is C15H13N5OS. The smallest absolute Gasteiger partial charge is 0.271 e. The number of nitrogens with zero attached hydrogens (tertiary/aromatic N) is 4. The third-order valence-electron chi connectivity index (χ3n) is 2.97. The topological polar surface area (TPSA) is 80.7 Å². The molecular weight excluding hydrogens is 298 g/mol. The Morgan fingerprint density at radius 3 is 2.64 bits per heavy atom. The van der Waals surface area contributed by atoms with Crippen LogP contribution in [0.4, 0.5) is 0 Å². The maximum atomic E-state index is 12.2. The van der Waals surface area contributed by atoms with Gasteiger partial charge >= 0.3 is 0 Å². The lowest BCUT2D eigenvalue weighted by Gasteiger charge is -2.11. The SMILES string of the molecule is C[C@H](NC(=O)c1csc(-c2ncccn2)n1)c1ccccn1. The zero-order valence-corrected chi connectivity index (χ0v) is 12.6. The fourth-order valence-corrected chi connectivity index (χ4v) is 2.61. The van der Waals surface area contributed by atoms with Gasteiger partial charge in [-0.05, 0) is 25.1 Å². The van der Waals surface area contributed by atoms with Crippen LogP contribution in [-0.4, -0.2) is 25.8 Å². The zero-order chi connectivity index (χ0) is 15.4. The minimum atomic E-state index is -0.239. The quantitative estimate of drug-likeness (QED) is 0.800. The Bertz CT molecular complexity index is 760. The van der Waals surface area contributed by atoms with Crippen molar-refractivity contribution in [1.29, 1.82) is 0 Å². The molecule has 0 saturated carbocycles. The highest BCUT2D eigenvalue weighted by molar-refractivity contribution is 7.13. The number of hydrogen-bond acceptors (Lipinski definition) is 6. The second-order valence-corrected chi connectivity index (χ2v) is 5.42. The minimum Gasteiger partial charge on any atom is -0.343 e. The van der Waals surface area contributed by atoms with E-state index in [0.717, 1.165) is 5.69 Å². The summed E-state index contributed by atoms with van der Waals surface area (Å²) in [4.78, 5) is 29.0. The Kier molecular flexibility index (Phi) is 4.15. The standard InChI is InChI=1S/C15H13N5OS/c1-10(11-5-2-3-6-16-11)19-14(21)12-9-22-15(20-12)13-17-7-4-8-18-13/h2-10H,1H3,(H,19,21)/t10-/m0/s1. The van der Waals surface area contributed by atoms with Crippen molar-refractivity contribution >= 4 is 17.2 Å². The Morgan fingerprint density at radius 1 is 1.14 bits per heavy atom. The van der Waals surface area contributed by atoms with Crippen molar-refractivity contribution < 1.29 is 4.79 Å². The molecule has 3 aromatic heterocycles. The number of carbonyl (C=O) groups excluding carboxylic acids is 1. The molecule has 0 aromatic carbocycles. The van der Waals surface area contributed by atoms with Crippen LogP contribution >= 0.6 is 11.3 Å². The van der Waals surface area contributed by atoms with Crippen molar-refractivity contribution in [3.05, 3.63) is 59.6 Å². The molecule has 6 nitrogen and oxygen atoms in total. The largest absolute Gasteiger partial charge is 0.343 e. The van der Waals surface area contributed by atoms with Crippen LogP contribution in [0, 0.1) is 0 Å². The van der Waals surface area contributed by atoms with E-state index in [0.29, 0.717) is 16.5 Å². The number of pyridine rings is 1. The first kappa shape index (κ1) is 14.3. The third-order valence-corrected chi connectivity index (χ3v) is 3.81. The molecule has 3 rings (SSSR count). The zero-order valence-electron chi connectivity index (χ0n) is 11.8. The van der Waals surface area contributed by atoms with Gasteiger partial charge in [0.05, 0.1) is 11.7 Å². The molecule has 0 unspecified atom stereocenters. The van der Waals surface area contributed by atoms with Gasteiger partial charge in [0.2, 0.25) is 0 Å². The van der Waals surface area contributed by atoms with Gasteiger partial charge in [0, 0.05) is 24.0 Å². The van der Waals surface area contributed by atoms with Crippen LogP contribution in [0.2, 0.25) is 0 Å². The summed E-state index contributed by atoms with van der Waals surface area (Å²) in [5.41, 5.74) is 1.16. The van der Waals surface area contributed by atoms with Gasteiger partial charge in [-0.25, -0.2) is 15.0 Å². The number of carbonyl (C=O) groups is 1. The monoisotopic (exact) mass is 311 g/mol. The molecule has 1 N–H and O–H groups in total. The predicted octanol–water partition coefficient (Wildman–Crippen LogP) is 2.49. The second kappa shape index (κ2) is 6.40. The van der Waals surface area contributed by atoms with Crippen LogP contribution in [-0.2, 0) is 0 Å². The minimum absolute atomic E-state index is 0.188. The van der Waals surface area contributed by atoms with Crippen molar-refractivity contribution in [3.8, 4) is 10.8 Å². The Labute approximate surface area is 131 Å². The summed E-state index contributed by atoms with van der Waals surface area (Å²) in [6, 6.07) is 7.14. The highest BCUT2D eigenvalue weighted by Crippen LogP contribution is 2.20. The van der Waals surface area contributed by atoms with Gasteiger partial charge in [-0.1, -0.05) is 6.07 Å². The van der Waals surface area contributed by atoms with Gasteiger partial charge < -0.3 is 5.32 Å². The van der Waals surface area contributed by atoms with E-state index in [4.69, 9.17) is 0 Å². The van der Waals surface area contributed by atoms with Crippen LogP contribution in [0.5, 0.6) is 0 Å². The molecule has 1 amide bonds. The van der Waals surface area contributed by atoms with Crippen molar-refractivity contribution in [3.63, 3.8) is 0 Å². The van der Waals surface area contributed by atoms with E-state index in [-0.39, 0.29) is 11.9 Å². The maximum absolute atomic E-state index is 12.2. The van der Waals surface area contributed by atoms with E-state index in [1.54, 1.807) is 30.0 Å². The van der Waals surface area contributed by atoms with Crippen molar-refractivity contribution in [2.75, 3.05) is 0 Å². The molecule has 0 aliphatic heterocycles. The fraction of sp³-hybridized carbons (Fsp3) is 0.133. The van der Waals surface area contributed by atoms with Gasteiger partial charge in [-0.3, -0.25) is 9.78 Å². The fourth-order valence-electron chi connectivity index (χ4n) is 1.87. The molecule has 0 bridgehead atoms. The number of amides is 1. The second-order valence-electron chi connectivity index (χ2n) is 4.56. The Balaban J connectivity index is 1.72. The average molecular weight is 311 g/mol. The van der Waals surface area contributed by atoms with Crippen LogP contribution in [0.15, 0.2) is 48.2 Å². The lowest BCUT2D eigenvalue weighted by Crippen LogP contribution is -2.27. The lowest BCUT2D eigenvalue weighted by atomic mass is 10.2. The van der Waals surface area contributed by atoms with Crippen LogP contribution < -0.4 is 5.32 Å². The number of hydrogen-bond donors (Lipinski definition) is 1. The first-order chi connectivity index (χ1) is 10.7. The molecule has 0 aliphatic rings. The van der Waals surface area contributed by atoms with E-state index in [2.05, 4.69) is 25.3 Å². The first-order valence-electron chi connectivity index (χ1n) is 6.69. The Morgan fingerprint density at radius 2 is 1.91 bits per heavy atom. The summed E-state index contributed by atoms with van der Waals surface area (Å²) in [6.45, 7) is 1.88. The molecule has 110 valence electrons. The van der Waals surface area contributed by atoms with Crippen LogP contribution in [0.1, 0.15) is 29.1 Å². The maximum Gasteiger partial charge on any atom is 0.271 e. The molecule has 0 saturated heterocycles. The van der Waals surface area contributed by atoms with E-state index in [9.17, 15) is 4.79 Å². The first-order valence-corrected chi connectivity index (χ1v) is 7.56. The van der Waals surface area contributed by atoms with Gasteiger partial charge in [0.1, 0.15) is 5.69 Å². The molecule has 0 fully saturated rings. The highest BCUT2D eigenvalue weighted by atomic mass is 32.1. The molecule has 3 aromatic rings. The van der Waals surface area contributed by atoms with Crippen LogP contribution in [0.25, 0.3) is 10.8 Å². The van der Waals surface area contributed by atoms with Crippen molar-refractivity contribution in [1.82, 2.24) is 25.3 Å². The number of thiazole rings is 1. The molecule has 7 heteroatoms. The number of rotatable bonds is 4.